The van der Waals surface area contributed by atoms with Gasteiger partial charge in [-0.15, -0.1) is 0 Å². The summed E-state index contributed by atoms with van der Waals surface area (Å²) in [6.07, 6.45) is 1.10. The molecule has 0 saturated heterocycles. The van der Waals surface area contributed by atoms with Gasteiger partial charge in [0.25, 0.3) is 0 Å². The quantitative estimate of drug-likeness (QED) is 0.459. The third-order valence-corrected chi connectivity index (χ3v) is 1.00. The Morgan fingerprint density at radius 3 is 2.00 bits per heavy atom. The fourth-order valence-corrected chi connectivity index (χ4v) is 0.538. The van der Waals surface area contributed by atoms with Crippen molar-refractivity contribution in [3.8, 4) is 0 Å². The number of hydrogen-bond donors (Lipinski definition) is 3. The Labute approximate surface area is 63.7 Å². The Morgan fingerprint density at radius 2 is 1.91 bits per heavy atom. The highest BCUT2D eigenvalue weighted by Gasteiger charge is 2.20. The fourth-order valence-electron chi connectivity index (χ4n) is 0.538. The molecular formula is C6H10N2O3. The molecule has 1 atom stereocenters. The number of aliphatic carboxylic acids is 1. The van der Waals surface area contributed by atoms with E-state index in [-0.39, 0.29) is 5.70 Å². The summed E-state index contributed by atoms with van der Waals surface area (Å²) >= 11 is 0. The Kier molecular flexibility index (Phi) is 3.10. The lowest BCUT2D eigenvalue weighted by atomic mass is 10.1. The van der Waals surface area contributed by atoms with Gasteiger partial charge in [0, 0.05) is 5.70 Å². The first-order chi connectivity index (χ1) is 4.95. The average molecular weight is 158 g/mol. The van der Waals surface area contributed by atoms with E-state index in [9.17, 15) is 9.59 Å². The van der Waals surface area contributed by atoms with E-state index in [1.807, 2.05) is 0 Å². The van der Waals surface area contributed by atoms with Crippen molar-refractivity contribution in [2.45, 2.75) is 6.92 Å². The average Bonchev–Trinajstić information content (AvgIpc) is 1.81. The van der Waals surface area contributed by atoms with E-state index >= 15 is 0 Å². The highest BCUT2D eigenvalue weighted by Crippen LogP contribution is 1.99. The van der Waals surface area contributed by atoms with Crippen LogP contribution in [0.15, 0.2) is 11.8 Å². The van der Waals surface area contributed by atoms with E-state index in [1.165, 1.54) is 6.92 Å². The molecule has 0 aromatic rings. The standard InChI is InChI=1S/C6H10N2O3/c1-3(7)2-4(5(8)9)6(10)11/h2,4H,7H2,1H3,(H2,8,9)(H,10,11)/b3-2-. The molecule has 1 unspecified atom stereocenters. The molecule has 0 aromatic carbocycles. The van der Waals surface area contributed by atoms with Crippen molar-refractivity contribution in [3.63, 3.8) is 0 Å². The highest BCUT2D eigenvalue weighted by molar-refractivity contribution is 5.98. The molecule has 5 heteroatoms. The summed E-state index contributed by atoms with van der Waals surface area (Å²) in [5, 5.41) is 8.39. The number of carbonyl (C=O) groups excluding carboxylic acids is 1. The van der Waals surface area contributed by atoms with Gasteiger partial charge in [-0.2, -0.15) is 0 Å². The van der Waals surface area contributed by atoms with E-state index in [0.29, 0.717) is 0 Å². The maximum absolute atomic E-state index is 10.4. The molecule has 0 aliphatic heterocycles. The minimum atomic E-state index is -1.32. The van der Waals surface area contributed by atoms with Crippen molar-refractivity contribution < 1.29 is 14.7 Å². The largest absolute Gasteiger partial charge is 0.480 e. The summed E-state index contributed by atoms with van der Waals surface area (Å²) in [4.78, 5) is 20.7. The first-order valence-corrected chi connectivity index (χ1v) is 2.91. The fraction of sp³-hybridized carbons (Fsp3) is 0.333. The van der Waals surface area contributed by atoms with Gasteiger partial charge in [-0.3, -0.25) is 9.59 Å². The summed E-state index contributed by atoms with van der Waals surface area (Å²) in [6, 6.07) is 0. The molecule has 0 rings (SSSR count). The van der Waals surface area contributed by atoms with Crippen molar-refractivity contribution in [2.75, 3.05) is 0 Å². The molecule has 11 heavy (non-hydrogen) atoms. The van der Waals surface area contributed by atoms with Crippen molar-refractivity contribution in [3.05, 3.63) is 11.8 Å². The minimum Gasteiger partial charge on any atom is -0.480 e. The van der Waals surface area contributed by atoms with Crippen LogP contribution < -0.4 is 11.5 Å². The molecule has 0 bridgehead atoms. The zero-order valence-corrected chi connectivity index (χ0v) is 6.07. The van der Waals surface area contributed by atoms with Gasteiger partial charge >= 0.3 is 5.97 Å². The molecule has 62 valence electrons. The van der Waals surface area contributed by atoms with Crippen LogP contribution in [-0.2, 0) is 9.59 Å². The van der Waals surface area contributed by atoms with E-state index in [0.717, 1.165) is 6.08 Å². The van der Waals surface area contributed by atoms with Crippen molar-refractivity contribution in [1.82, 2.24) is 0 Å². The lowest BCUT2D eigenvalue weighted by Crippen LogP contribution is -2.29. The first kappa shape index (κ1) is 9.48. The van der Waals surface area contributed by atoms with Gasteiger partial charge in [0.05, 0.1) is 0 Å². The van der Waals surface area contributed by atoms with E-state index in [4.69, 9.17) is 16.6 Å². The topological polar surface area (TPSA) is 106 Å². The lowest BCUT2D eigenvalue weighted by molar-refractivity contribution is -0.143. The smallest absolute Gasteiger partial charge is 0.320 e. The molecule has 0 aliphatic rings. The molecule has 1 amide bonds. The predicted molar refractivity (Wildman–Crippen MR) is 38.3 cm³/mol. The van der Waals surface area contributed by atoms with Crippen LogP contribution in [0.4, 0.5) is 0 Å². The predicted octanol–water partition coefficient (Wildman–Crippen LogP) is -0.965. The Hall–Kier alpha value is -1.52. The number of hydrogen-bond acceptors (Lipinski definition) is 3. The van der Waals surface area contributed by atoms with E-state index in [1.54, 1.807) is 0 Å². The third-order valence-electron chi connectivity index (χ3n) is 1.00. The SMILES string of the molecule is C/C(N)=C/C(C(N)=O)C(=O)O. The zero-order chi connectivity index (χ0) is 9.02. The van der Waals surface area contributed by atoms with Gasteiger partial charge in [-0.05, 0) is 13.0 Å². The molecule has 5 nitrogen and oxygen atoms in total. The second-order valence-electron chi connectivity index (χ2n) is 2.13. The van der Waals surface area contributed by atoms with Crippen LogP contribution >= 0.6 is 0 Å². The second kappa shape index (κ2) is 3.60. The number of nitrogens with two attached hydrogens (primary N) is 2. The summed E-state index contributed by atoms with van der Waals surface area (Å²) in [6.45, 7) is 1.48. The Balaban J connectivity index is 4.49. The maximum Gasteiger partial charge on any atom is 0.320 e. The van der Waals surface area contributed by atoms with Crippen LogP contribution in [0.5, 0.6) is 0 Å². The molecule has 0 saturated carbocycles. The molecule has 5 N–H and O–H groups in total. The molecule has 0 heterocycles. The first-order valence-electron chi connectivity index (χ1n) is 2.91. The second-order valence-corrected chi connectivity index (χ2v) is 2.13. The number of carboxylic acid groups (broad SMARTS) is 1. The van der Waals surface area contributed by atoms with Gasteiger partial charge in [-0.25, -0.2) is 0 Å². The van der Waals surface area contributed by atoms with Crippen LogP contribution in [0.2, 0.25) is 0 Å². The summed E-state index contributed by atoms with van der Waals surface area (Å²) in [5.74, 6) is -3.52. The number of allylic oxidation sites excluding steroid dienone is 1. The number of amides is 1. The monoisotopic (exact) mass is 158 g/mol. The Bertz CT molecular complexity index is 192. The molecule has 0 aliphatic carbocycles. The maximum atomic E-state index is 10.4. The van der Waals surface area contributed by atoms with Gasteiger partial charge < -0.3 is 16.6 Å². The Morgan fingerprint density at radius 1 is 1.45 bits per heavy atom. The van der Waals surface area contributed by atoms with Gasteiger partial charge in [-0.1, -0.05) is 0 Å². The third kappa shape index (κ3) is 3.24. The van der Waals surface area contributed by atoms with Crippen LogP contribution in [-0.4, -0.2) is 17.0 Å². The zero-order valence-electron chi connectivity index (χ0n) is 6.07. The van der Waals surface area contributed by atoms with Crippen molar-refractivity contribution in [2.24, 2.45) is 17.4 Å². The van der Waals surface area contributed by atoms with E-state index < -0.39 is 17.8 Å². The number of carbonyl (C=O) groups is 2. The molecule has 0 fully saturated rings. The lowest BCUT2D eigenvalue weighted by Gasteiger charge is -2.01. The van der Waals surface area contributed by atoms with Crippen LogP contribution in [0.3, 0.4) is 0 Å². The summed E-state index contributed by atoms with van der Waals surface area (Å²) in [5.41, 5.74) is 10.2. The van der Waals surface area contributed by atoms with Crippen molar-refractivity contribution >= 4 is 11.9 Å². The van der Waals surface area contributed by atoms with Crippen LogP contribution in [0, 0.1) is 5.92 Å². The summed E-state index contributed by atoms with van der Waals surface area (Å²) < 4.78 is 0. The van der Waals surface area contributed by atoms with Gasteiger partial charge in [0.1, 0.15) is 0 Å². The van der Waals surface area contributed by atoms with Gasteiger partial charge in [0.2, 0.25) is 5.91 Å². The molecular weight excluding hydrogens is 148 g/mol. The van der Waals surface area contributed by atoms with Gasteiger partial charge in [0.15, 0.2) is 5.92 Å². The molecule has 0 radical (unpaired) electrons. The normalized spacial score (nSPS) is 14.1. The molecule has 0 spiro atoms. The minimum absolute atomic E-state index is 0.260. The molecule has 0 aromatic heterocycles. The van der Waals surface area contributed by atoms with Crippen LogP contribution in [0.25, 0.3) is 0 Å². The number of primary amides is 1. The van der Waals surface area contributed by atoms with E-state index in [2.05, 4.69) is 0 Å². The van der Waals surface area contributed by atoms with Crippen LogP contribution in [0.1, 0.15) is 6.92 Å². The summed E-state index contributed by atoms with van der Waals surface area (Å²) in [7, 11) is 0. The van der Waals surface area contributed by atoms with Crippen molar-refractivity contribution in [1.29, 1.82) is 0 Å². The number of rotatable bonds is 3. The highest BCUT2D eigenvalue weighted by atomic mass is 16.4. The number of carboxylic acids is 1.